The van der Waals surface area contributed by atoms with Gasteiger partial charge in [0.1, 0.15) is 0 Å². The first-order chi connectivity index (χ1) is 6.38. The van der Waals surface area contributed by atoms with Crippen LogP contribution < -0.4 is 0 Å². The molecule has 1 atom stereocenters. The van der Waals surface area contributed by atoms with Crippen LogP contribution in [0.25, 0.3) is 0 Å². The fourth-order valence-corrected chi connectivity index (χ4v) is 1.53. The van der Waals surface area contributed by atoms with Gasteiger partial charge in [-0.3, -0.25) is 4.79 Å². The number of ether oxygens (including phenoxy) is 1. The van der Waals surface area contributed by atoms with Gasteiger partial charge in [0.2, 0.25) is 0 Å². The highest BCUT2D eigenvalue weighted by Gasteiger charge is 2.42. The summed E-state index contributed by atoms with van der Waals surface area (Å²) in [7, 11) is 0. The van der Waals surface area contributed by atoms with Crippen LogP contribution in [0.2, 0.25) is 0 Å². The zero-order valence-corrected chi connectivity index (χ0v) is 9.11. The minimum Gasteiger partial charge on any atom is -0.438 e. The number of rotatable bonds is 2. The van der Waals surface area contributed by atoms with E-state index in [4.69, 9.17) is 4.74 Å². The van der Waals surface area contributed by atoms with Crippen molar-refractivity contribution in [2.24, 2.45) is 5.41 Å². The van der Waals surface area contributed by atoms with Gasteiger partial charge in [-0.1, -0.05) is 13.8 Å². The van der Waals surface area contributed by atoms with E-state index in [1.54, 1.807) is 4.90 Å². The third kappa shape index (κ3) is 1.89. The fourth-order valence-electron chi connectivity index (χ4n) is 1.53. The minimum absolute atomic E-state index is 0.106. The van der Waals surface area contributed by atoms with Crippen molar-refractivity contribution >= 4 is 12.4 Å². The number of hydrogen-bond donors (Lipinski definition) is 0. The van der Waals surface area contributed by atoms with Crippen molar-refractivity contribution in [3.8, 4) is 0 Å². The lowest BCUT2D eigenvalue weighted by atomic mass is 9.85. The highest BCUT2D eigenvalue weighted by Crippen LogP contribution is 2.29. The summed E-state index contributed by atoms with van der Waals surface area (Å²) < 4.78 is 5.04. The van der Waals surface area contributed by atoms with Gasteiger partial charge < -0.3 is 9.64 Å². The molecule has 1 heterocycles. The van der Waals surface area contributed by atoms with Crippen LogP contribution in [0.15, 0.2) is 0 Å². The highest BCUT2D eigenvalue weighted by molar-refractivity contribution is 5.73. The van der Waals surface area contributed by atoms with E-state index < -0.39 is 12.2 Å². The monoisotopic (exact) mass is 199 g/mol. The average molecular weight is 199 g/mol. The Morgan fingerprint density at radius 2 is 2.14 bits per heavy atom. The van der Waals surface area contributed by atoms with Crippen LogP contribution >= 0.6 is 0 Å². The Hall–Kier alpha value is -1.06. The van der Waals surface area contributed by atoms with Gasteiger partial charge in [0.05, 0.1) is 0 Å². The summed E-state index contributed by atoms with van der Waals surface area (Å²) in [4.78, 5) is 23.8. The summed E-state index contributed by atoms with van der Waals surface area (Å²) in [5.74, 6) is 0. The Morgan fingerprint density at radius 1 is 1.57 bits per heavy atom. The topological polar surface area (TPSA) is 46.6 Å². The molecule has 1 unspecified atom stereocenters. The van der Waals surface area contributed by atoms with Crippen molar-refractivity contribution in [3.63, 3.8) is 0 Å². The Kier molecular flexibility index (Phi) is 2.83. The van der Waals surface area contributed by atoms with E-state index >= 15 is 0 Å². The van der Waals surface area contributed by atoms with Gasteiger partial charge in [-0.2, -0.15) is 0 Å². The van der Waals surface area contributed by atoms with Crippen LogP contribution in [0.4, 0.5) is 4.79 Å². The molecule has 0 aromatic rings. The molecule has 0 N–H and O–H groups in total. The third-order valence-electron chi connectivity index (χ3n) is 2.56. The second-order valence-electron chi connectivity index (χ2n) is 4.65. The molecule has 4 heteroatoms. The van der Waals surface area contributed by atoms with Crippen LogP contribution in [0, 0.1) is 5.41 Å². The maximum Gasteiger partial charge on any atom is 0.410 e. The van der Waals surface area contributed by atoms with E-state index in [2.05, 4.69) is 0 Å². The summed E-state index contributed by atoms with van der Waals surface area (Å²) in [5, 5.41) is 0. The second-order valence-corrected chi connectivity index (χ2v) is 4.65. The first-order valence-corrected chi connectivity index (χ1v) is 4.81. The van der Waals surface area contributed by atoms with Crippen molar-refractivity contribution in [1.82, 2.24) is 4.90 Å². The lowest BCUT2D eigenvalue weighted by Crippen LogP contribution is -2.55. The van der Waals surface area contributed by atoms with E-state index in [-0.39, 0.29) is 11.5 Å². The number of cyclic esters (lactones) is 1. The summed E-state index contributed by atoms with van der Waals surface area (Å²) in [6.45, 7) is 8.27. The Labute approximate surface area is 84.2 Å². The molecule has 1 amide bonds. The zero-order chi connectivity index (χ0) is 10.9. The number of carbonyl (C=O) groups is 2. The minimum atomic E-state index is -0.620. The van der Waals surface area contributed by atoms with Gasteiger partial charge >= 0.3 is 6.09 Å². The lowest BCUT2D eigenvalue weighted by Gasteiger charge is -2.42. The van der Waals surface area contributed by atoms with Crippen molar-refractivity contribution < 1.29 is 14.3 Å². The van der Waals surface area contributed by atoms with Crippen LogP contribution in [0.5, 0.6) is 0 Å². The van der Waals surface area contributed by atoms with Gasteiger partial charge in [0, 0.05) is 18.0 Å². The SMILES string of the molecule is CC(C)N1CC(C)(C)C(C=O)OC1=O. The summed E-state index contributed by atoms with van der Waals surface area (Å²) in [6.07, 6.45) is -0.309. The van der Waals surface area contributed by atoms with Crippen molar-refractivity contribution in [3.05, 3.63) is 0 Å². The quantitative estimate of drug-likeness (QED) is 0.632. The molecule has 0 saturated carbocycles. The van der Waals surface area contributed by atoms with Crippen LogP contribution in [0.3, 0.4) is 0 Å². The molecular weight excluding hydrogens is 182 g/mol. The summed E-state index contributed by atoms with van der Waals surface area (Å²) >= 11 is 0. The number of hydrogen-bond acceptors (Lipinski definition) is 3. The van der Waals surface area contributed by atoms with Gasteiger partial charge in [0.25, 0.3) is 0 Å². The highest BCUT2D eigenvalue weighted by atomic mass is 16.6. The van der Waals surface area contributed by atoms with Crippen molar-refractivity contribution in [2.45, 2.75) is 39.8 Å². The maximum atomic E-state index is 11.4. The first-order valence-electron chi connectivity index (χ1n) is 4.81. The Balaban J connectivity index is 2.83. The number of nitrogens with zero attached hydrogens (tertiary/aromatic N) is 1. The second kappa shape index (κ2) is 3.59. The first kappa shape index (κ1) is 11.0. The summed E-state index contributed by atoms with van der Waals surface area (Å²) in [5.41, 5.74) is -0.306. The molecule has 1 aliphatic rings. The van der Waals surface area contributed by atoms with Gasteiger partial charge in [-0.15, -0.1) is 0 Å². The molecule has 1 fully saturated rings. The molecule has 4 nitrogen and oxygen atoms in total. The molecule has 0 spiro atoms. The zero-order valence-electron chi connectivity index (χ0n) is 9.11. The molecule has 14 heavy (non-hydrogen) atoms. The third-order valence-corrected chi connectivity index (χ3v) is 2.56. The molecule has 1 rings (SSSR count). The average Bonchev–Trinajstić information content (AvgIpc) is 2.07. The molecule has 0 radical (unpaired) electrons. The smallest absolute Gasteiger partial charge is 0.410 e. The number of aldehydes is 1. The van der Waals surface area contributed by atoms with Gasteiger partial charge in [-0.05, 0) is 13.8 Å². The molecule has 0 aromatic heterocycles. The fraction of sp³-hybridized carbons (Fsp3) is 0.800. The molecule has 0 aliphatic carbocycles. The Morgan fingerprint density at radius 3 is 2.57 bits per heavy atom. The van der Waals surface area contributed by atoms with E-state index in [0.29, 0.717) is 12.8 Å². The van der Waals surface area contributed by atoms with Crippen LogP contribution in [0.1, 0.15) is 27.7 Å². The van der Waals surface area contributed by atoms with Crippen molar-refractivity contribution in [1.29, 1.82) is 0 Å². The van der Waals surface area contributed by atoms with Gasteiger partial charge in [0.15, 0.2) is 12.4 Å². The molecule has 80 valence electrons. The number of carbonyl (C=O) groups excluding carboxylic acids is 2. The largest absolute Gasteiger partial charge is 0.438 e. The van der Waals surface area contributed by atoms with Gasteiger partial charge in [-0.25, -0.2) is 4.79 Å². The molecular formula is C10H17NO3. The summed E-state index contributed by atoms with van der Waals surface area (Å²) in [6, 6.07) is 0.106. The van der Waals surface area contributed by atoms with E-state index in [1.165, 1.54) is 0 Å². The molecule has 0 bridgehead atoms. The lowest BCUT2D eigenvalue weighted by molar-refractivity contribution is -0.127. The molecule has 0 aromatic carbocycles. The Bertz CT molecular complexity index is 248. The predicted octanol–water partition coefficient (Wildman–Crippen LogP) is 1.44. The van der Waals surface area contributed by atoms with E-state index in [9.17, 15) is 9.59 Å². The van der Waals surface area contributed by atoms with Crippen LogP contribution in [-0.4, -0.2) is 36.0 Å². The van der Waals surface area contributed by atoms with Crippen molar-refractivity contribution in [2.75, 3.05) is 6.54 Å². The van der Waals surface area contributed by atoms with E-state index in [0.717, 1.165) is 0 Å². The standard InChI is InChI=1S/C10H17NO3/c1-7(2)11-6-10(3,4)8(5-12)14-9(11)13/h5,7-8H,6H2,1-4H3. The maximum absolute atomic E-state index is 11.4. The normalized spacial score (nSPS) is 26.2. The van der Waals surface area contributed by atoms with E-state index in [1.807, 2.05) is 27.7 Å². The van der Waals surface area contributed by atoms with Crippen LogP contribution in [-0.2, 0) is 9.53 Å². The predicted molar refractivity (Wildman–Crippen MR) is 52.0 cm³/mol. The molecule has 1 aliphatic heterocycles. The number of amides is 1. The molecule has 1 saturated heterocycles.